The highest BCUT2D eigenvalue weighted by atomic mass is 14.8. The molecule has 0 saturated heterocycles. The Morgan fingerprint density at radius 1 is 1.60 bits per heavy atom. The smallest absolute Gasteiger partial charge is 0.0578 e. The van der Waals surface area contributed by atoms with Crippen LogP contribution in [0.25, 0.3) is 0 Å². The van der Waals surface area contributed by atoms with Crippen LogP contribution in [0.15, 0.2) is 12.2 Å². The number of hydrogen-bond acceptors (Lipinski definition) is 1. The zero-order valence-electron chi connectivity index (χ0n) is 6.83. The highest BCUT2D eigenvalue weighted by molar-refractivity contribution is 5.00. The Bertz CT molecular complexity index is 148. The predicted molar refractivity (Wildman–Crippen MR) is 45.8 cm³/mol. The first-order chi connectivity index (χ1) is 4.81. The molecule has 0 unspecified atom stereocenters. The molecular formula is C9H15N. The lowest BCUT2D eigenvalue weighted by Gasteiger charge is -2.00. The van der Waals surface area contributed by atoms with Gasteiger partial charge in [0.05, 0.1) is 6.54 Å². The quantitative estimate of drug-likeness (QED) is 0.352. The number of rotatable bonds is 4. The van der Waals surface area contributed by atoms with Crippen LogP contribution in [0.3, 0.4) is 0 Å². The molecule has 10 heavy (non-hydrogen) atoms. The fourth-order valence-electron chi connectivity index (χ4n) is 0.515. The number of nitrogens with one attached hydrogen (secondary N) is 1. The molecule has 0 atom stereocenters. The van der Waals surface area contributed by atoms with Crippen LogP contribution in [0, 0.1) is 11.8 Å². The number of hydrogen-bond donors (Lipinski definition) is 1. The summed E-state index contributed by atoms with van der Waals surface area (Å²) in [4.78, 5) is 0. The van der Waals surface area contributed by atoms with Crippen molar-refractivity contribution in [2.45, 2.75) is 20.3 Å². The van der Waals surface area contributed by atoms with Gasteiger partial charge in [0, 0.05) is 6.54 Å². The van der Waals surface area contributed by atoms with Gasteiger partial charge in [-0.25, -0.2) is 0 Å². The molecule has 56 valence electrons. The van der Waals surface area contributed by atoms with Crippen LogP contribution in [0.1, 0.15) is 20.3 Å². The molecule has 0 spiro atoms. The summed E-state index contributed by atoms with van der Waals surface area (Å²) >= 11 is 0. The van der Waals surface area contributed by atoms with Crippen LogP contribution in [0.2, 0.25) is 0 Å². The molecule has 0 bridgehead atoms. The van der Waals surface area contributed by atoms with Crippen molar-refractivity contribution >= 4 is 0 Å². The van der Waals surface area contributed by atoms with Gasteiger partial charge in [0.15, 0.2) is 0 Å². The van der Waals surface area contributed by atoms with Gasteiger partial charge < -0.3 is 5.32 Å². The topological polar surface area (TPSA) is 12.0 Å². The highest BCUT2D eigenvalue weighted by Gasteiger charge is 1.86. The van der Waals surface area contributed by atoms with Crippen LogP contribution in [-0.2, 0) is 0 Å². The molecule has 0 aliphatic carbocycles. The summed E-state index contributed by atoms with van der Waals surface area (Å²) in [5.41, 5.74) is 1.23. The van der Waals surface area contributed by atoms with Crippen molar-refractivity contribution in [3.8, 4) is 11.8 Å². The van der Waals surface area contributed by atoms with Gasteiger partial charge in [-0.2, -0.15) is 0 Å². The molecule has 0 fully saturated rings. The summed E-state index contributed by atoms with van der Waals surface area (Å²) in [7, 11) is 0. The fraction of sp³-hybridized carbons (Fsp3) is 0.556. The van der Waals surface area contributed by atoms with Crippen molar-refractivity contribution in [2.24, 2.45) is 0 Å². The van der Waals surface area contributed by atoms with Gasteiger partial charge in [-0.1, -0.05) is 25.0 Å². The second kappa shape index (κ2) is 6.38. The summed E-state index contributed by atoms with van der Waals surface area (Å²) < 4.78 is 0. The van der Waals surface area contributed by atoms with Gasteiger partial charge in [-0.3, -0.25) is 0 Å². The molecule has 1 nitrogen and oxygen atoms in total. The minimum absolute atomic E-state index is 0.773. The van der Waals surface area contributed by atoms with E-state index in [1.807, 2.05) is 6.92 Å². The van der Waals surface area contributed by atoms with Crippen molar-refractivity contribution in [1.82, 2.24) is 5.32 Å². The molecule has 0 aromatic carbocycles. The zero-order valence-corrected chi connectivity index (χ0v) is 6.83. The zero-order chi connectivity index (χ0) is 7.82. The van der Waals surface area contributed by atoms with Crippen LogP contribution < -0.4 is 5.32 Å². The van der Waals surface area contributed by atoms with Crippen LogP contribution in [0.4, 0.5) is 0 Å². The van der Waals surface area contributed by atoms with Crippen molar-refractivity contribution in [3.63, 3.8) is 0 Å². The van der Waals surface area contributed by atoms with Gasteiger partial charge >= 0.3 is 0 Å². The second-order valence-corrected chi connectivity index (χ2v) is 2.13. The molecule has 1 N–H and O–H groups in total. The molecule has 1 heteroatoms. The minimum atomic E-state index is 0.773. The Morgan fingerprint density at radius 3 is 2.80 bits per heavy atom. The summed E-state index contributed by atoms with van der Waals surface area (Å²) in [6.45, 7) is 9.48. The molecule has 0 radical (unpaired) electrons. The van der Waals surface area contributed by atoms with E-state index in [1.165, 1.54) is 5.57 Å². The first-order valence-electron chi connectivity index (χ1n) is 3.58. The van der Waals surface area contributed by atoms with E-state index in [1.54, 1.807) is 0 Å². The van der Waals surface area contributed by atoms with Crippen LogP contribution in [0.5, 0.6) is 0 Å². The second-order valence-electron chi connectivity index (χ2n) is 2.13. The molecule has 0 aromatic heterocycles. The summed E-state index contributed by atoms with van der Waals surface area (Å²) in [6.07, 6.45) is 1.05. The summed E-state index contributed by atoms with van der Waals surface area (Å²) in [6, 6.07) is 0. The molecule has 0 saturated carbocycles. The minimum Gasteiger partial charge on any atom is -0.302 e. The normalized spacial score (nSPS) is 8.20. The van der Waals surface area contributed by atoms with Gasteiger partial charge in [0.2, 0.25) is 0 Å². The maximum Gasteiger partial charge on any atom is 0.0578 e. The van der Waals surface area contributed by atoms with E-state index in [4.69, 9.17) is 0 Å². The molecule has 0 aliphatic rings. The largest absolute Gasteiger partial charge is 0.302 e. The molecule has 0 amide bonds. The predicted octanol–water partition coefficient (Wildman–Crippen LogP) is 1.57. The average molecular weight is 137 g/mol. The SMILES string of the molecule is C=C(CC)CNCC#CC. The summed E-state index contributed by atoms with van der Waals surface area (Å²) in [5, 5.41) is 3.16. The lowest BCUT2D eigenvalue weighted by Crippen LogP contribution is -2.16. The third kappa shape index (κ3) is 5.40. The Hall–Kier alpha value is -0.740. The maximum atomic E-state index is 3.86. The first-order valence-corrected chi connectivity index (χ1v) is 3.58. The van der Waals surface area contributed by atoms with Crippen molar-refractivity contribution in [2.75, 3.05) is 13.1 Å². The van der Waals surface area contributed by atoms with E-state index >= 15 is 0 Å². The van der Waals surface area contributed by atoms with Crippen LogP contribution >= 0.6 is 0 Å². The molecule has 0 rings (SSSR count). The molecular weight excluding hydrogens is 122 g/mol. The van der Waals surface area contributed by atoms with E-state index in [2.05, 4.69) is 30.7 Å². The molecule has 0 heterocycles. The molecule has 0 aromatic rings. The van der Waals surface area contributed by atoms with E-state index < -0.39 is 0 Å². The van der Waals surface area contributed by atoms with Gasteiger partial charge in [0.1, 0.15) is 0 Å². The van der Waals surface area contributed by atoms with Gasteiger partial charge in [-0.05, 0) is 13.3 Å². The maximum absolute atomic E-state index is 3.86. The Morgan fingerprint density at radius 2 is 2.30 bits per heavy atom. The Balaban J connectivity index is 3.17. The average Bonchev–Trinajstić information content (AvgIpc) is 1.98. The van der Waals surface area contributed by atoms with Crippen molar-refractivity contribution < 1.29 is 0 Å². The van der Waals surface area contributed by atoms with E-state index in [9.17, 15) is 0 Å². The van der Waals surface area contributed by atoms with Crippen molar-refractivity contribution in [1.29, 1.82) is 0 Å². The highest BCUT2D eigenvalue weighted by Crippen LogP contribution is 1.91. The summed E-state index contributed by atoms with van der Waals surface area (Å²) in [5.74, 6) is 5.74. The van der Waals surface area contributed by atoms with E-state index in [0.717, 1.165) is 19.5 Å². The third-order valence-corrected chi connectivity index (χ3v) is 1.27. The van der Waals surface area contributed by atoms with Gasteiger partial charge in [0.25, 0.3) is 0 Å². The first kappa shape index (κ1) is 9.26. The van der Waals surface area contributed by atoms with Gasteiger partial charge in [-0.15, -0.1) is 5.92 Å². The lowest BCUT2D eigenvalue weighted by molar-refractivity contribution is 0.804. The van der Waals surface area contributed by atoms with Crippen LogP contribution in [-0.4, -0.2) is 13.1 Å². The Kier molecular flexibility index (Phi) is 5.91. The van der Waals surface area contributed by atoms with Crippen molar-refractivity contribution in [3.05, 3.63) is 12.2 Å². The Labute approximate surface area is 63.5 Å². The van der Waals surface area contributed by atoms with E-state index in [-0.39, 0.29) is 0 Å². The van der Waals surface area contributed by atoms with E-state index in [0.29, 0.717) is 0 Å². The standard InChI is InChI=1S/C9H15N/c1-4-6-7-10-8-9(3)5-2/h10H,3,5,7-8H2,1-2H3. The lowest BCUT2D eigenvalue weighted by atomic mass is 10.2. The fourth-order valence-corrected chi connectivity index (χ4v) is 0.515. The third-order valence-electron chi connectivity index (χ3n) is 1.27. The monoisotopic (exact) mass is 137 g/mol. The molecule has 0 aliphatic heterocycles.